The molecule has 2 aromatic rings. The van der Waals surface area contributed by atoms with Crippen molar-refractivity contribution in [3.63, 3.8) is 0 Å². The molecule has 1 atom stereocenters. The number of piperidine rings is 1. The van der Waals surface area contributed by atoms with Crippen molar-refractivity contribution in [2.75, 3.05) is 42.8 Å². The number of likely N-dealkylation sites (tertiary alicyclic amines) is 1. The highest BCUT2D eigenvalue weighted by molar-refractivity contribution is 7.99. The van der Waals surface area contributed by atoms with Gasteiger partial charge in [0.15, 0.2) is 0 Å². The number of thioether (sulfide) groups is 1. The van der Waals surface area contributed by atoms with Gasteiger partial charge in [0.25, 0.3) is 5.91 Å². The zero-order valence-corrected chi connectivity index (χ0v) is 19.4. The first-order valence-electron chi connectivity index (χ1n) is 11.3. The highest BCUT2D eigenvalue weighted by Gasteiger charge is 2.25. The number of amides is 2. The highest BCUT2D eigenvalue weighted by Crippen LogP contribution is 2.24. The number of anilines is 1. The van der Waals surface area contributed by atoms with Crippen LogP contribution in [0.1, 0.15) is 36.0 Å². The van der Waals surface area contributed by atoms with Crippen LogP contribution in [-0.2, 0) is 9.53 Å². The van der Waals surface area contributed by atoms with Crippen LogP contribution < -0.4 is 10.7 Å². The number of nitrogens with zero attached hydrogens (tertiary/aromatic N) is 4. The highest BCUT2D eigenvalue weighted by atomic mass is 32.2. The van der Waals surface area contributed by atoms with Gasteiger partial charge in [-0.05, 0) is 61.9 Å². The molecular formula is C23H30N6O3S. The second-order valence-electron chi connectivity index (χ2n) is 8.33. The third-order valence-corrected chi connectivity index (χ3v) is 6.99. The van der Waals surface area contributed by atoms with E-state index in [1.54, 1.807) is 42.2 Å². The second kappa shape index (κ2) is 11.3. The number of nitrogens with one attached hydrogen (secondary N) is 2. The fourth-order valence-electron chi connectivity index (χ4n) is 4.00. The molecule has 1 aromatic carbocycles. The first-order valence-corrected chi connectivity index (χ1v) is 12.3. The lowest BCUT2D eigenvalue weighted by atomic mass is 10.0. The SMILES string of the molecule is C=CC(=O)Nc1ccc(C(=O)N2CCC[C@@H](Nn3ncc(SCC4CCOCC4)n3)C2)cc1. The Labute approximate surface area is 197 Å². The molecule has 10 heteroatoms. The van der Waals surface area contributed by atoms with Gasteiger partial charge in [0, 0.05) is 43.3 Å². The van der Waals surface area contributed by atoms with E-state index in [-0.39, 0.29) is 17.9 Å². The average molecular weight is 471 g/mol. The van der Waals surface area contributed by atoms with Crippen molar-refractivity contribution >= 4 is 29.3 Å². The molecule has 0 bridgehead atoms. The average Bonchev–Trinajstić information content (AvgIpc) is 3.30. The van der Waals surface area contributed by atoms with E-state index in [0.717, 1.165) is 49.7 Å². The van der Waals surface area contributed by atoms with E-state index in [2.05, 4.69) is 27.5 Å². The minimum atomic E-state index is -0.281. The summed E-state index contributed by atoms with van der Waals surface area (Å²) in [5, 5.41) is 12.5. The van der Waals surface area contributed by atoms with Crippen molar-refractivity contribution < 1.29 is 14.3 Å². The van der Waals surface area contributed by atoms with Crippen LogP contribution in [0.25, 0.3) is 0 Å². The van der Waals surface area contributed by atoms with Crippen molar-refractivity contribution in [1.29, 1.82) is 0 Å². The lowest BCUT2D eigenvalue weighted by Gasteiger charge is -2.33. The Bertz CT molecular complexity index is 957. The Balaban J connectivity index is 1.27. The van der Waals surface area contributed by atoms with Gasteiger partial charge in [-0.25, -0.2) is 0 Å². The standard InChI is InChI=1S/C23H30N6O3S/c1-2-21(30)25-19-7-5-18(6-8-19)23(31)28-11-3-4-20(15-28)26-29-24-14-22(27-29)33-16-17-9-12-32-13-10-17/h2,5-8,14,17,20,26H,1,3-4,9-13,15-16H2,(H,25,30)/t20-/m1/s1. The first kappa shape index (κ1) is 23.3. The van der Waals surface area contributed by atoms with Crippen molar-refractivity contribution in [2.24, 2.45) is 5.92 Å². The summed E-state index contributed by atoms with van der Waals surface area (Å²) in [5.74, 6) is 1.40. The van der Waals surface area contributed by atoms with Crippen LogP contribution in [-0.4, -0.2) is 69.9 Å². The molecule has 2 amide bonds. The van der Waals surface area contributed by atoms with E-state index in [1.807, 2.05) is 4.90 Å². The van der Waals surface area contributed by atoms with E-state index in [4.69, 9.17) is 4.74 Å². The molecule has 4 rings (SSSR count). The fourth-order valence-corrected chi connectivity index (χ4v) is 4.99. The Morgan fingerprint density at radius 3 is 2.76 bits per heavy atom. The lowest BCUT2D eigenvalue weighted by molar-refractivity contribution is -0.111. The zero-order valence-electron chi connectivity index (χ0n) is 18.6. The molecule has 1 aromatic heterocycles. The fraction of sp³-hybridized carbons (Fsp3) is 0.478. The molecule has 176 valence electrons. The van der Waals surface area contributed by atoms with Crippen LogP contribution in [0.3, 0.4) is 0 Å². The Morgan fingerprint density at radius 1 is 1.21 bits per heavy atom. The van der Waals surface area contributed by atoms with E-state index in [9.17, 15) is 9.59 Å². The van der Waals surface area contributed by atoms with Gasteiger partial charge < -0.3 is 15.0 Å². The van der Waals surface area contributed by atoms with Gasteiger partial charge in [0.2, 0.25) is 5.91 Å². The van der Waals surface area contributed by atoms with Gasteiger partial charge >= 0.3 is 0 Å². The number of carbonyl (C=O) groups excluding carboxylic acids is 2. The third-order valence-electron chi connectivity index (χ3n) is 5.87. The Hall–Kier alpha value is -2.85. The Morgan fingerprint density at radius 2 is 2.00 bits per heavy atom. The molecule has 3 heterocycles. The number of benzene rings is 1. The summed E-state index contributed by atoms with van der Waals surface area (Å²) in [6.07, 6.45) is 7.07. The smallest absolute Gasteiger partial charge is 0.253 e. The van der Waals surface area contributed by atoms with Crippen LogP contribution in [0, 0.1) is 5.92 Å². The normalized spacial score (nSPS) is 19.2. The molecule has 2 saturated heterocycles. The van der Waals surface area contributed by atoms with Gasteiger partial charge in [0.1, 0.15) is 5.03 Å². The maximum absolute atomic E-state index is 13.0. The molecule has 0 saturated carbocycles. The van der Waals surface area contributed by atoms with Crippen LogP contribution in [0.5, 0.6) is 0 Å². The number of carbonyl (C=O) groups is 2. The summed E-state index contributed by atoms with van der Waals surface area (Å²) in [6.45, 7) is 6.44. The lowest BCUT2D eigenvalue weighted by Crippen LogP contribution is -2.47. The Kier molecular flexibility index (Phi) is 8.01. The molecule has 2 N–H and O–H groups in total. The molecule has 2 aliphatic heterocycles. The molecule has 2 aliphatic rings. The molecule has 0 spiro atoms. The molecule has 0 unspecified atom stereocenters. The van der Waals surface area contributed by atoms with Crippen LogP contribution in [0.15, 0.2) is 48.1 Å². The molecule has 0 radical (unpaired) electrons. The topological polar surface area (TPSA) is 101 Å². The van der Waals surface area contributed by atoms with Gasteiger partial charge in [0.05, 0.1) is 12.2 Å². The monoisotopic (exact) mass is 470 g/mol. The van der Waals surface area contributed by atoms with Gasteiger partial charge in [-0.15, -0.1) is 22.0 Å². The summed E-state index contributed by atoms with van der Waals surface area (Å²) >= 11 is 1.73. The predicted octanol–water partition coefficient (Wildman–Crippen LogP) is 2.77. The molecule has 0 aliphatic carbocycles. The number of hydrogen-bond acceptors (Lipinski definition) is 7. The third kappa shape index (κ3) is 6.58. The molecule has 33 heavy (non-hydrogen) atoms. The van der Waals surface area contributed by atoms with Crippen molar-refractivity contribution in [1.82, 2.24) is 20.0 Å². The van der Waals surface area contributed by atoms with Gasteiger partial charge in [-0.1, -0.05) is 11.5 Å². The predicted molar refractivity (Wildman–Crippen MR) is 128 cm³/mol. The largest absolute Gasteiger partial charge is 0.381 e. The molecule has 2 fully saturated rings. The summed E-state index contributed by atoms with van der Waals surface area (Å²) in [4.78, 5) is 27.8. The first-order chi connectivity index (χ1) is 16.1. The van der Waals surface area contributed by atoms with E-state index < -0.39 is 0 Å². The molecule has 9 nitrogen and oxygen atoms in total. The quantitative estimate of drug-likeness (QED) is 0.452. The number of ether oxygens (including phenoxy) is 1. The van der Waals surface area contributed by atoms with Crippen molar-refractivity contribution in [3.05, 3.63) is 48.7 Å². The molecular weight excluding hydrogens is 440 g/mol. The zero-order chi connectivity index (χ0) is 23.0. The number of rotatable bonds is 8. The summed E-state index contributed by atoms with van der Waals surface area (Å²) in [6, 6.07) is 6.99. The summed E-state index contributed by atoms with van der Waals surface area (Å²) in [5.41, 5.74) is 4.55. The van der Waals surface area contributed by atoms with Gasteiger partial charge in [-0.2, -0.15) is 0 Å². The van der Waals surface area contributed by atoms with E-state index in [1.165, 1.54) is 11.0 Å². The van der Waals surface area contributed by atoms with Crippen LogP contribution in [0.2, 0.25) is 0 Å². The minimum Gasteiger partial charge on any atom is -0.381 e. The van der Waals surface area contributed by atoms with Crippen molar-refractivity contribution in [3.8, 4) is 0 Å². The maximum Gasteiger partial charge on any atom is 0.253 e. The number of hydrogen-bond donors (Lipinski definition) is 2. The number of aromatic nitrogens is 3. The van der Waals surface area contributed by atoms with E-state index >= 15 is 0 Å². The van der Waals surface area contributed by atoms with Crippen molar-refractivity contribution in [2.45, 2.75) is 36.8 Å². The minimum absolute atomic E-state index is 0.0239. The second-order valence-corrected chi connectivity index (χ2v) is 9.37. The van der Waals surface area contributed by atoms with Crippen LogP contribution >= 0.6 is 11.8 Å². The summed E-state index contributed by atoms with van der Waals surface area (Å²) < 4.78 is 5.42. The maximum atomic E-state index is 13.0. The summed E-state index contributed by atoms with van der Waals surface area (Å²) in [7, 11) is 0. The van der Waals surface area contributed by atoms with Crippen LogP contribution in [0.4, 0.5) is 5.69 Å². The van der Waals surface area contributed by atoms with E-state index in [0.29, 0.717) is 30.3 Å². The van der Waals surface area contributed by atoms with Gasteiger partial charge in [-0.3, -0.25) is 15.0 Å².